The zero-order valence-corrected chi connectivity index (χ0v) is 16.9. The molecule has 0 aliphatic rings. The molecule has 1 N–H and O–H groups in total. The number of nitrogens with one attached hydrogen (secondary N) is 1. The van der Waals surface area contributed by atoms with Crippen LogP contribution in [0.4, 0.5) is 4.39 Å². The summed E-state index contributed by atoms with van der Waals surface area (Å²) < 4.78 is 18.7. The van der Waals surface area contributed by atoms with Crippen LogP contribution < -0.4 is 10.1 Å². The summed E-state index contributed by atoms with van der Waals surface area (Å²) >= 11 is 5.84. The average Bonchev–Trinajstić information content (AvgIpc) is 2.65. The van der Waals surface area contributed by atoms with Crippen LogP contribution in [0.15, 0.2) is 48.5 Å². The summed E-state index contributed by atoms with van der Waals surface area (Å²) in [4.78, 5) is 26.7. The molecule has 2 amide bonds. The molecule has 0 radical (unpaired) electrons. The molecular weight excluding hydrogens is 383 g/mol. The highest BCUT2D eigenvalue weighted by Gasteiger charge is 2.26. The molecule has 2 aromatic carbocycles. The summed E-state index contributed by atoms with van der Waals surface area (Å²) in [6.45, 7) is 5.28. The van der Waals surface area contributed by atoms with E-state index < -0.39 is 6.04 Å². The molecule has 0 bridgehead atoms. The molecule has 2 rings (SSSR count). The molecule has 1 unspecified atom stereocenters. The van der Waals surface area contributed by atoms with E-state index in [1.165, 1.54) is 17.0 Å². The number of rotatable bonds is 8. The van der Waals surface area contributed by atoms with Gasteiger partial charge in [-0.3, -0.25) is 9.59 Å². The van der Waals surface area contributed by atoms with Crippen LogP contribution in [0.25, 0.3) is 0 Å². The summed E-state index contributed by atoms with van der Waals surface area (Å²) in [5, 5.41) is 3.37. The first-order chi connectivity index (χ1) is 13.3. The Balaban J connectivity index is 2.12. The number of hydrogen-bond acceptors (Lipinski definition) is 3. The first-order valence-corrected chi connectivity index (χ1v) is 9.36. The van der Waals surface area contributed by atoms with Gasteiger partial charge in [-0.25, -0.2) is 4.39 Å². The first-order valence-electron chi connectivity index (χ1n) is 8.99. The number of carbonyl (C=O) groups excluding carboxylic acids is 2. The van der Waals surface area contributed by atoms with Gasteiger partial charge in [0.15, 0.2) is 6.61 Å². The lowest BCUT2D eigenvalue weighted by Gasteiger charge is -2.29. The van der Waals surface area contributed by atoms with Gasteiger partial charge in [-0.15, -0.1) is 0 Å². The number of carbonyl (C=O) groups is 2. The third-order valence-corrected chi connectivity index (χ3v) is 4.29. The third-order valence-electron chi connectivity index (χ3n) is 4.04. The molecule has 2 aromatic rings. The zero-order valence-electron chi connectivity index (χ0n) is 16.1. The fourth-order valence-electron chi connectivity index (χ4n) is 2.53. The number of hydrogen-bond donors (Lipinski definition) is 1. The van der Waals surface area contributed by atoms with Crippen molar-refractivity contribution in [2.75, 3.05) is 6.61 Å². The Morgan fingerprint density at radius 1 is 1.07 bits per heavy atom. The first kappa shape index (κ1) is 21.7. The van der Waals surface area contributed by atoms with Gasteiger partial charge in [0, 0.05) is 17.6 Å². The van der Waals surface area contributed by atoms with Crippen molar-refractivity contribution in [3.63, 3.8) is 0 Å². The number of amides is 2. The van der Waals surface area contributed by atoms with Crippen LogP contribution in [0, 0.1) is 5.82 Å². The largest absolute Gasteiger partial charge is 0.484 e. The van der Waals surface area contributed by atoms with Gasteiger partial charge in [-0.05, 0) is 62.7 Å². The van der Waals surface area contributed by atoms with Crippen molar-refractivity contribution in [1.82, 2.24) is 10.2 Å². The molecule has 150 valence electrons. The van der Waals surface area contributed by atoms with Gasteiger partial charge in [0.1, 0.15) is 17.6 Å². The fraction of sp³-hybridized carbons (Fsp3) is 0.333. The topological polar surface area (TPSA) is 58.6 Å². The molecule has 0 aliphatic carbocycles. The maximum absolute atomic E-state index is 13.2. The Bertz CT molecular complexity index is 794. The fourth-order valence-corrected chi connectivity index (χ4v) is 2.66. The Kier molecular flexibility index (Phi) is 7.81. The van der Waals surface area contributed by atoms with Gasteiger partial charge in [-0.1, -0.05) is 23.7 Å². The third kappa shape index (κ3) is 6.53. The molecule has 1 atom stereocenters. The summed E-state index contributed by atoms with van der Waals surface area (Å²) in [5.74, 6) is -0.486. The van der Waals surface area contributed by atoms with E-state index in [9.17, 15) is 14.0 Å². The highest BCUT2D eigenvalue weighted by Crippen LogP contribution is 2.16. The van der Waals surface area contributed by atoms with E-state index >= 15 is 0 Å². The summed E-state index contributed by atoms with van der Waals surface area (Å²) in [6, 6.07) is 11.7. The minimum Gasteiger partial charge on any atom is -0.484 e. The molecule has 0 saturated heterocycles. The van der Waals surface area contributed by atoms with Gasteiger partial charge in [-0.2, -0.15) is 0 Å². The molecule has 5 nitrogen and oxygen atoms in total. The van der Waals surface area contributed by atoms with Crippen molar-refractivity contribution in [2.45, 2.75) is 39.4 Å². The van der Waals surface area contributed by atoms with Gasteiger partial charge < -0.3 is 15.0 Å². The predicted molar refractivity (Wildman–Crippen MR) is 107 cm³/mol. The molecule has 0 heterocycles. The predicted octanol–water partition coefficient (Wildman–Crippen LogP) is 3.80. The van der Waals surface area contributed by atoms with Gasteiger partial charge in [0.05, 0.1) is 0 Å². The highest BCUT2D eigenvalue weighted by atomic mass is 35.5. The smallest absolute Gasteiger partial charge is 0.261 e. The monoisotopic (exact) mass is 406 g/mol. The van der Waals surface area contributed by atoms with Crippen LogP contribution in [-0.4, -0.2) is 35.4 Å². The quantitative estimate of drug-likeness (QED) is 0.725. The van der Waals surface area contributed by atoms with Crippen LogP contribution in [0.3, 0.4) is 0 Å². The van der Waals surface area contributed by atoms with Crippen LogP contribution >= 0.6 is 11.6 Å². The van der Waals surface area contributed by atoms with E-state index in [0.717, 1.165) is 0 Å². The number of halogens is 2. The minimum atomic E-state index is -0.714. The summed E-state index contributed by atoms with van der Waals surface area (Å²) in [6.07, 6.45) is 0. The number of ether oxygens (including phenoxy) is 1. The van der Waals surface area contributed by atoms with Crippen LogP contribution in [0.2, 0.25) is 5.02 Å². The Labute approximate surface area is 169 Å². The second kappa shape index (κ2) is 10.1. The normalized spacial score (nSPS) is 11.8. The van der Waals surface area contributed by atoms with Crippen molar-refractivity contribution >= 4 is 23.4 Å². The zero-order chi connectivity index (χ0) is 20.7. The average molecular weight is 407 g/mol. The van der Waals surface area contributed by atoms with Crippen LogP contribution in [0.1, 0.15) is 26.3 Å². The van der Waals surface area contributed by atoms with Crippen molar-refractivity contribution in [3.05, 3.63) is 64.9 Å². The molecule has 7 heteroatoms. The second-order valence-electron chi connectivity index (χ2n) is 6.73. The van der Waals surface area contributed by atoms with E-state index in [4.69, 9.17) is 16.3 Å². The molecule has 28 heavy (non-hydrogen) atoms. The van der Waals surface area contributed by atoms with Gasteiger partial charge in [0.25, 0.3) is 5.91 Å². The molecule has 0 aromatic heterocycles. The van der Waals surface area contributed by atoms with Crippen molar-refractivity contribution in [3.8, 4) is 5.75 Å². The minimum absolute atomic E-state index is 0.0527. The van der Waals surface area contributed by atoms with E-state index in [0.29, 0.717) is 16.3 Å². The molecule has 0 spiro atoms. The van der Waals surface area contributed by atoms with Crippen LogP contribution in [0.5, 0.6) is 5.75 Å². The summed E-state index contributed by atoms with van der Waals surface area (Å²) in [5.41, 5.74) is 0.713. The molecule has 0 fully saturated rings. The van der Waals surface area contributed by atoms with Crippen LogP contribution in [-0.2, 0) is 16.1 Å². The summed E-state index contributed by atoms with van der Waals surface area (Å²) in [7, 11) is 0. The molecule has 0 saturated carbocycles. The maximum atomic E-state index is 13.2. The van der Waals surface area contributed by atoms with Crippen molar-refractivity contribution < 1.29 is 18.7 Å². The Morgan fingerprint density at radius 3 is 2.25 bits per heavy atom. The van der Waals surface area contributed by atoms with Gasteiger partial charge >= 0.3 is 0 Å². The maximum Gasteiger partial charge on any atom is 0.261 e. The lowest BCUT2D eigenvalue weighted by atomic mass is 10.1. The van der Waals surface area contributed by atoms with E-state index in [1.54, 1.807) is 43.3 Å². The lowest BCUT2D eigenvalue weighted by Crippen LogP contribution is -2.50. The lowest BCUT2D eigenvalue weighted by molar-refractivity contribution is -0.142. The van der Waals surface area contributed by atoms with Gasteiger partial charge in [0.2, 0.25) is 5.91 Å². The standard InChI is InChI=1S/C21H24ClFN2O3/c1-14(2)24-21(27)15(3)25(12-16-4-8-18(23)9-5-16)20(26)13-28-19-10-6-17(22)7-11-19/h4-11,14-15H,12-13H2,1-3H3,(H,24,27). The van der Waals surface area contributed by atoms with E-state index in [-0.39, 0.29) is 36.8 Å². The highest BCUT2D eigenvalue weighted by molar-refractivity contribution is 6.30. The number of benzene rings is 2. The number of nitrogens with zero attached hydrogens (tertiary/aromatic N) is 1. The molecule has 0 aliphatic heterocycles. The van der Waals surface area contributed by atoms with E-state index in [2.05, 4.69) is 5.32 Å². The Hall–Kier alpha value is -2.60. The van der Waals surface area contributed by atoms with E-state index in [1.807, 2.05) is 13.8 Å². The second-order valence-corrected chi connectivity index (χ2v) is 7.17. The Morgan fingerprint density at radius 2 is 1.68 bits per heavy atom. The van der Waals surface area contributed by atoms with Crippen molar-refractivity contribution in [2.24, 2.45) is 0 Å². The SMILES string of the molecule is CC(C)NC(=O)C(C)N(Cc1ccc(F)cc1)C(=O)COc1ccc(Cl)cc1. The van der Waals surface area contributed by atoms with Crippen molar-refractivity contribution in [1.29, 1.82) is 0 Å². The molecular formula is C21H24ClFN2O3.